The molecule has 2 heterocycles. The van der Waals surface area contributed by atoms with Crippen molar-refractivity contribution in [3.63, 3.8) is 0 Å². The van der Waals surface area contributed by atoms with E-state index in [1.165, 1.54) is 0 Å². The quantitative estimate of drug-likeness (QED) is 0.281. The third kappa shape index (κ3) is 4.97. The van der Waals surface area contributed by atoms with Crippen LogP contribution in [0.4, 0.5) is 0 Å². The van der Waals surface area contributed by atoms with Gasteiger partial charge in [0.25, 0.3) is 0 Å². The minimum absolute atomic E-state index is 0.227. The van der Waals surface area contributed by atoms with Crippen LogP contribution in [0.5, 0.6) is 0 Å². The smallest absolute Gasteiger partial charge is 0.180 e. The average Bonchev–Trinajstić information content (AvgIpc) is 3.50. The predicted octanol–water partition coefficient (Wildman–Crippen LogP) is 4.68. The fourth-order valence-corrected chi connectivity index (χ4v) is 3.80. The van der Waals surface area contributed by atoms with Crippen molar-refractivity contribution in [1.29, 1.82) is 0 Å². The summed E-state index contributed by atoms with van der Waals surface area (Å²) in [6.45, 7) is 3.80. The van der Waals surface area contributed by atoms with Crippen LogP contribution in [0.2, 0.25) is 0 Å². The van der Waals surface area contributed by atoms with Gasteiger partial charge in [0.2, 0.25) is 0 Å². The van der Waals surface area contributed by atoms with Gasteiger partial charge in [0, 0.05) is 17.9 Å². The molecule has 156 valence electrons. The van der Waals surface area contributed by atoms with Crippen molar-refractivity contribution in [1.82, 2.24) is 35.8 Å². The van der Waals surface area contributed by atoms with Crippen LogP contribution in [-0.4, -0.2) is 41.2 Å². The lowest BCUT2D eigenvalue weighted by molar-refractivity contribution is 0.623. The van der Waals surface area contributed by atoms with Crippen LogP contribution in [0.15, 0.2) is 61.2 Å². The van der Waals surface area contributed by atoms with Gasteiger partial charge in [-0.15, -0.1) is 11.7 Å². The fraction of sp³-hybridized carbons (Fsp3) is 0.217. The maximum atomic E-state index is 5.05. The van der Waals surface area contributed by atoms with Gasteiger partial charge in [0.15, 0.2) is 11.6 Å². The summed E-state index contributed by atoms with van der Waals surface area (Å²) in [5.74, 6) is 2.55. The van der Waals surface area contributed by atoms with Gasteiger partial charge in [-0.3, -0.25) is 5.10 Å². The molecule has 7 nitrogen and oxygen atoms in total. The lowest BCUT2D eigenvalue weighted by Crippen LogP contribution is -2.02. The number of rotatable bonds is 10. The Balaban J connectivity index is 1.50. The van der Waals surface area contributed by atoms with E-state index < -0.39 is 0 Å². The largest absolute Gasteiger partial charge is 0.263 e. The van der Waals surface area contributed by atoms with E-state index >= 15 is 0 Å². The van der Waals surface area contributed by atoms with E-state index in [1.807, 2.05) is 24.3 Å². The molecule has 2 aromatic heterocycles. The number of nitrogens with zero attached hydrogens (tertiary/aromatic N) is 5. The molecule has 0 aliphatic carbocycles. The molecule has 8 heteroatoms. The van der Waals surface area contributed by atoms with E-state index in [-0.39, 0.29) is 5.92 Å². The van der Waals surface area contributed by atoms with Gasteiger partial charge in [-0.1, -0.05) is 66.8 Å². The van der Waals surface area contributed by atoms with Gasteiger partial charge in [0.05, 0.1) is 0 Å². The van der Waals surface area contributed by atoms with E-state index in [2.05, 4.69) is 67.7 Å². The molecule has 4 rings (SSSR count). The van der Waals surface area contributed by atoms with Crippen molar-refractivity contribution in [2.75, 3.05) is 0 Å². The summed E-state index contributed by atoms with van der Waals surface area (Å²) in [5, 5.41) is 23.5. The molecule has 0 radical (unpaired) electrons. The summed E-state index contributed by atoms with van der Waals surface area (Å²) in [6.07, 6.45) is 5.26. The topological polar surface area (TPSA) is 96.0 Å². The first kappa shape index (κ1) is 20.7. The summed E-state index contributed by atoms with van der Waals surface area (Å²) in [4.78, 5) is 4.71. The molecule has 0 aliphatic heterocycles. The molecule has 0 bridgehead atoms. The number of benzene rings is 2. The second-order valence-electron chi connectivity index (χ2n) is 7.27. The molecule has 0 fully saturated rings. The van der Waals surface area contributed by atoms with Crippen molar-refractivity contribution in [2.45, 2.75) is 31.6 Å². The first-order chi connectivity index (χ1) is 15.3. The first-order valence-electron chi connectivity index (χ1n) is 10.2. The zero-order valence-corrected chi connectivity index (χ0v) is 17.8. The van der Waals surface area contributed by atoms with Crippen LogP contribution in [0.1, 0.15) is 42.4 Å². The molecule has 2 aromatic carbocycles. The van der Waals surface area contributed by atoms with Crippen molar-refractivity contribution < 1.29 is 0 Å². The van der Waals surface area contributed by atoms with Gasteiger partial charge in [-0.05, 0) is 51.7 Å². The van der Waals surface area contributed by atoms with Gasteiger partial charge in [-0.2, -0.15) is 5.10 Å². The van der Waals surface area contributed by atoms with Gasteiger partial charge >= 0.3 is 0 Å². The highest BCUT2D eigenvalue weighted by Crippen LogP contribution is 2.30. The molecule has 1 unspecified atom stereocenters. The van der Waals surface area contributed by atoms with Gasteiger partial charge in [-0.25, -0.2) is 10.1 Å². The Hall–Kier alpha value is -3.52. The predicted molar refractivity (Wildman–Crippen MR) is 125 cm³/mol. The summed E-state index contributed by atoms with van der Waals surface area (Å²) >= 11 is 5.05. The number of nitrogens with one attached hydrogen (secondary N) is 2. The van der Waals surface area contributed by atoms with E-state index in [1.54, 1.807) is 5.37 Å². The zero-order chi connectivity index (χ0) is 21.5. The van der Waals surface area contributed by atoms with Gasteiger partial charge in [0.1, 0.15) is 5.82 Å². The normalized spacial score (nSPS) is 11.9. The number of hydrogen-bond donors (Lipinski definition) is 2. The number of H-pyrrole nitrogens is 2. The molecule has 0 aliphatic rings. The molecular weight excluding hydrogens is 406 g/mol. The van der Waals surface area contributed by atoms with Crippen molar-refractivity contribution >= 4 is 17.6 Å². The Morgan fingerprint density at radius 2 is 1.84 bits per heavy atom. The minimum Gasteiger partial charge on any atom is -0.263 e. The number of aromatic nitrogens is 7. The highest BCUT2D eigenvalue weighted by molar-refractivity contribution is 7.78. The Morgan fingerprint density at radius 1 is 1.03 bits per heavy atom. The monoisotopic (exact) mass is 429 g/mol. The van der Waals surface area contributed by atoms with E-state index in [4.69, 9.17) is 17.2 Å². The van der Waals surface area contributed by atoms with E-state index in [0.717, 1.165) is 53.2 Å². The molecule has 0 amide bonds. The summed E-state index contributed by atoms with van der Waals surface area (Å²) < 4.78 is 0. The minimum atomic E-state index is 0.227. The second-order valence-corrected chi connectivity index (χ2v) is 7.61. The fourth-order valence-electron chi connectivity index (χ4n) is 3.57. The van der Waals surface area contributed by atoms with Crippen molar-refractivity contribution in [3.05, 3.63) is 78.4 Å². The summed E-state index contributed by atoms with van der Waals surface area (Å²) in [6, 6.07) is 16.5. The molecule has 1 atom stereocenters. The number of hydrogen-bond acceptors (Lipinski definition) is 6. The number of allylic oxidation sites excluding steroid dienone is 1. The second kappa shape index (κ2) is 9.99. The molecule has 31 heavy (non-hydrogen) atoms. The molecule has 0 spiro atoms. The molecule has 2 N–H and O–H groups in total. The number of thiocarbonyl (C=S) groups is 1. The highest BCUT2D eigenvalue weighted by Gasteiger charge is 2.16. The number of tetrazole rings is 1. The van der Waals surface area contributed by atoms with Crippen molar-refractivity contribution in [2.24, 2.45) is 0 Å². The third-order valence-electron chi connectivity index (χ3n) is 5.18. The maximum absolute atomic E-state index is 5.05. The molecular formula is C23H23N7S. The van der Waals surface area contributed by atoms with E-state index in [9.17, 15) is 0 Å². The average molecular weight is 430 g/mol. The summed E-state index contributed by atoms with van der Waals surface area (Å²) in [5.41, 5.74) is 4.28. The highest BCUT2D eigenvalue weighted by atomic mass is 32.1. The Kier molecular flexibility index (Phi) is 6.68. The number of aromatic amines is 2. The van der Waals surface area contributed by atoms with Crippen LogP contribution in [-0.2, 0) is 6.42 Å². The summed E-state index contributed by atoms with van der Waals surface area (Å²) in [7, 11) is 0. The molecule has 0 saturated carbocycles. The Morgan fingerprint density at radius 3 is 2.55 bits per heavy atom. The lowest BCUT2D eigenvalue weighted by Gasteiger charge is -2.09. The van der Waals surface area contributed by atoms with Crippen LogP contribution in [0.25, 0.3) is 22.5 Å². The Labute approximate surface area is 186 Å². The third-order valence-corrected chi connectivity index (χ3v) is 5.37. The van der Waals surface area contributed by atoms with Gasteiger partial charge < -0.3 is 0 Å². The van der Waals surface area contributed by atoms with Crippen LogP contribution in [0.3, 0.4) is 0 Å². The lowest BCUT2D eigenvalue weighted by atomic mass is 9.97. The zero-order valence-electron chi connectivity index (χ0n) is 17.0. The maximum Gasteiger partial charge on any atom is 0.180 e. The van der Waals surface area contributed by atoms with Crippen LogP contribution < -0.4 is 0 Å². The first-order valence-corrected chi connectivity index (χ1v) is 10.6. The standard InChI is InChI=1S/C23H23N7S/c1-2-3-6-18(13-14-31)22-24-21(25-26-22)15-16-9-11-17(12-10-16)19-7-4-5-8-20(19)23-27-29-30-28-23/h2,4-5,7-12,14,18H,1,3,6,13,15H2,(H,24,25,26)(H,27,28,29,30). The van der Waals surface area contributed by atoms with E-state index in [0.29, 0.717) is 12.2 Å². The van der Waals surface area contributed by atoms with Crippen LogP contribution in [0, 0.1) is 0 Å². The van der Waals surface area contributed by atoms with Crippen molar-refractivity contribution in [3.8, 4) is 22.5 Å². The SMILES string of the molecule is C=CCCC(CC=S)c1n[nH]c(Cc2ccc(-c3ccccc3-c3nnn[nH]3)cc2)n1. The Bertz CT molecular complexity index is 1130. The molecule has 4 aromatic rings. The van der Waals surface area contributed by atoms with Crippen LogP contribution >= 0.6 is 12.2 Å². The molecule has 0 saturated heterocycles.